The molecule has 37 heavy (non-hydrogen) atoms. The van der Waals surface area contributed by atoms with Crippen molar-refractivity contribution in [2.75, 3.05) is 19.8 Å². The summed E-state index contributed by atoms with van der Waals surface area (Å²) in [6.45, 7) is 6.67. The van der Waals surface area contributed by atoms with Gasteiger partial charge in [-0.3, -0.25) is 4.79 Å². The van der Waals surface area contributed by atoms with Crippen LogP contribution in [0.5, 0.6) is 0 Å². The van der Waals surface area contributed by atoms with Crippen molar-refractivity contribution in [3.63, 3.8) is 0 Å². The molecule has 2 amide bonds. The van der Waals surface area contributed by atoms with E-state index in [0.717, 1.165) is 5.56 Å². The van der Waals surface area contributed by atoms with Crippen LogP contribution in [-0.4, -0.2) is 65.3 Å². The Bertz CT molecular complexity index is 1160. The van der Waals surface area contributed by atoms with Crippen LogP contribution in [0.25, 0.3) is 6.08 Å². The van der Waals surface area contributed by atoms with Gasteiger partial charge in [0.15, 0.2) is 0 Å². The van der Waals surface area contributed by atoms with E-state index in [1.165, 1.54) is 6.08 Å². The molecule has 2 unspecified atom stereocenters. The predicted molar refractivity (Wildman–Crippen MR) is 139 cm³/mol. The highest BCUT2D eigenvalue weighted by Gasteiger charge is 2.35. The molecule has 1 aliphatic rings. The number of morpholine rings is 1. The Hall–Kier alpha value is -3.65. The largest absolute Gasteiger partial charge is 0.475 e. The molecule has 10 heteroatoms. The van der Waals surface area contributed by atoms with E-state index in [1.807, 2.05) is 50.2 Å². The number of benzene rings is 2. The van der Waals surface area contributed by atoms with E-state index < -0.39 is 30.8 Å². The predicted octanol–water partition coefficient (Wildman–Crippen LogP) is 2.64. The van der Waals surface area contributed by atoms with Crippen LogP contribution in [0.2, 0.25) is 0 Å². The second-order valence-corrected chi connectivity index (χ2v) is 9.56. The molecule has 3 N–H and O–H groups in total. The molecule has 2 aromatic carbocycles. The fourth-order valence-electron chi connectivity index (χ4n) is 4.10. The number of carbonyl (C=O) groups is 2. The van der Waals surface area contributed by atoms with E-state index in [1.54, 1.807) is 36.1 Å². The Kier molecular flexibility index (Phi) is 9.47. The molecule has 0 radical (unpaired) electrons. The first kappa shape index (κ1) is 27.9. The van der Waals surface area contributed by atoms with Gasteiger partial charge in [-0.2, -0.15) is 5.26 Å². The molecule has 2 aromatic rings. The number of carbonyl (C=O) groups excluding carboxylic acids is 2. The Morgan fingerprint density at radius 2 is 1.97 bits per heavy atom. The van der Waals surface area contributed by atoms with Crippen molar-refractivity contribution in [2.45, 2.75) is 44.8 Å². The van der Waals surface area contributed by atoms with Crippen molar-refractivity contribution in [1.82, 2.24) is 10.2 Å². The number of nitrogens with zero attached hydrogens (tertiary/aromatic N) is 2. The lowest BCUT2D eigenvalue weighted by molar-refractivity contribution is -0.141. The van der Waals surface area contributed by atoms with Gasteiger partial charge >= 0.3 is 13.2 Å². The molecule has 9 nitrogen and oxygen atoms in total. The number of hydrogen-bond donors (Lipinski definition) is 3. The maximum Gasteiger partial charge on any atom is 0.475 e. The lowest BCUT2D eigenvalue weighted by Crippen LogP contribution is -2.55. The van der Waals surface area contributed by atoms with E-state index >= 15 is 0 Å². The van der Waals surface area contributed by atoms with Gasteiger partial charge in [0.25, 0.3) is 5.91 Å². The lowest BCUT2D eigenvalue weighted by Gasteiger charge is -2.41. The third-order valence-corrected chi connectivity index (χ3v) is 6.18. The average molecular weight is 505 g/mol. The summed E-state index contributed by atoms with van der Waals surface area (Å²) in [5.41, 5.74) is 1.56. The summed E-state index contributed by atoms with van der Waals surface area (Å²) < 4.78 is 10.9. The van der Waals surface area contributed by atoms with Crippen LogP contribution in [0.3, 0.4) is 0 Å². The highest BCUT2D eigenvalue weighted by Crippen LogP contribution is 2.24. The quantitative estimate of drug-likeness (QED) is 0.286. The fraction of sp³-hybridized carbons (Fsp3) is 0.370. The number of nitriles is 1. The summed E-state index contributed by atoms with van der Waals surface area (Å²) in [4.78, 5) is 27.2. The van der Waals surface area contributed by atoms with Gasteiger partial charge in [0.1, 0.15) is 17.7 Å². The van der Waals surface area contributed by atoms with Gasteiger partial charge in [0.2, 0.25) is 0 Å². The zero-order chi connectivity index (χ0) is 27.0. The summed E-state index contributed by atoms with van der Waals surface area (Å²) in [6, 6.07) is 18.1. The second-order valence-electron chi connectivity index (χ2n) is 9.56. The molecule has 2 atom stereocenters. The third-order valence-electron chi connectivity index (χ3n) is 6.18. The molecule has 1 heterocycles. The number of ether oxygens (including phenoxy) is 2. The molecule has 0 aromatic heterocycles. The second kappa shape index (κ2) is 12.5. The average Bonchev–Trinajstić information content (AvgIpc) is 2.87. The normalized spacial score (nSPS) is 16.8. The summed E-state index contributed by atoms with van der Waals surface area (Å²) >= 11 is 0. The molecule has 1 saturated heterocycles. The van der Waals surface area contributed by atoms with Gasteiger partial charge in [-0.1, -0.05) is 48.5 Å². The van der Waals surface area contributed by atoms with Gasteiger partial charge in [-0.25, -0.2) is 4.79 Å². The maximum atomic E-state index is 13.1. The molecule has 3 rings (SSSR count). The number of amides is 2. The lowest BCUT2D eigenvalue weighted by atomic mass is 9.76. The molecular weight excluding hydrogens is 473 g/mol. The summed E-state index contributed by atoms with van der Waals surface area (Å²) in [7, 11) is -1.77. The standard InChI is InChI=1S/C27H32BN3O6/c1-19(37-26(33)30-24(28(34)35)16-20-8-5-4-6-9-20)22-11-7-10-21(14-22)15-23(17-29)25(32)31-12-13-36-18-27(31,2)3/h4-11,14-15,19,24,34-35H,12-13,16,18H2,1-3H3,(H,30,33). The van der Waals surface area contributed by atoms with E-state index in [-0.39, 0.29) is 17.9 Å². The molecular formula is C27H32BN3O6. The van der Waals surface area contributed by atoms with Crippen LogP contribution in [0.15, 0.2) is 60.2 Å². The van der Waals surface area contributed by atoms with Crippen LogP contribution >= 0.6 is 0 Å². The van der Waals surface area contributed by atoms with Crippen LogP contribution in [-0.2, 0) is 20.7 Å². The first-order valence-electron chi connectivity index (χ1n) is 12.1. The Labute approximate surface area is 217 Å². The maximum absolute atomic E-state index is 13.1. The molecule has 1 aliphatic heterocycles. The van der Waals surface area contributed by atoms with E-state index in [0.29, 0.717) is 30.9 Å². The minimum absolute atomic E-state index is 0.000809. The zero-order valence-corrected chi connectivity index (χ0v) is 21.3. The molecule has 1 fully saturated rings. The number of hydrogen-bond acceptors (Lipinski definition) is 7. The molecule has 0 spiro atoms. The number of nitrogens with one attached hydrogen (secondary N) is 1. The zero-order valence-electron chi connectivity index (χ0n) is 21.3. The number of alkyl carbamates (subject to hydrolysis) is 1. The van der Waals surface area contributed by atoms with Crippen molar-refractivity contribution in [3.05, 3.63) is 76.9 Å². The van der Waals surface area contributed by atoms with Crippen molar-refractivity contribution >= 4 is 25.2 Å². The summed E-state index contributed by atoms with van der Waals surface area (Å²) in [6.07, 6.45) is 0.251. The van der Waals surface area contributed by atoms with Gasteiger partial charge in [0.05, 0.1) is 24.7 Å². The van der Waals surface area contributed by atoms with Crippen molar-refractivity contribution < 1.29 is 29.1 Å². The van der Waals surface area contributed by atoms with E-state index in [4.69, 9.17) is 9.47 Å². The third kappa shape index (κ3) is 7.67. The molecule has 0 saturated carbocycles. The van der Waals surface area contributed by atoms with Crippen LogP contribution in [0, 0.1) is 11.3 Å². The first-order chi connectivity index (χ1) is 17.6. The smallest absolute Gasteiger partial charge is 0.442 e. The highest BCUT2D eigenvalue weighted by molar-refractivity contribution is 6.43. The molecule has 0 bridgehead atoms. The summed E-state index contributed by atoms with van der Waals surface area (Å²) in [5, 5.41) is 31.6. The van der Waals surface area contributed by atoms with Crippen LogP contribution in [0.1, 0.15) is 43.6 Å². The minimum atomic E-state index is -1.77. The fourth-order valence-corrected chi connectivity index (χ4v) is 4.10. The SMILES string of the molecule is CC(OC(=O)NC(Cc1ccccc1)B(O)O)c1cccc(C=C(C#N)C(=O)N2CCOCC2(C)C)c1. The Morgan fingerprint density at radius 1 is 1.24 bits per heavy atom. The minimum Gasteiger partial charge on any atom is -0.442 e. The first-order valence-corrected chi connectivity index (χ1v) is 12.1. The van der Waals surface area contributed by atoms with E-state index in [9.17, 15) is 24.9 Å². The topological polar surface area (TPSA) is 132 Å². The van der Waals surface area contributed by atoms with Gasteiger partial charge < -0.3 is 29.7 Å². The number of rotatable bonds is 8. The summed E-state index contributed by atoms with van der Waals surface area (Å²) in [5.74, 6) is -1.32. The molecule has 194 valence electrons. The van der Waals surface area contributed by atoms with Gasteiger partial charge in [-0.05, 0) is 56.0 Å². The monoisotopic (exact) mass is 505 g/mol. The highest BCUT2D eigenvalue weighted by atomic mass is 16.6. The van der Waals surface area contributed by atoms with Crippen molar-refractivity contribution in [2.24, 2.45) is 0 Å². The van der Waals surface area contributed by atoms with Crippen LogP contribution < -0.4 is 5.32 Å². The van der Waals surface area contributed by atoms with Gasteiger partial charge in [0, 0.05) is 6.54 Å². The van der Waals surface area contributed by atoms with Crippen molar-refractivity contribution in [1.29, 1.82) is 5.26 Å². The Balaban J connectivity index is 1.68. The van der Waals surface area contributed by atoms with Crippen LogP contribution in [0.4, 0.5) is 4.79 Å². The molecule has 0 aliphatic carbocycles. The van der Waals surface area contributed by atoms with E-state index in [2.05, 4.69) is 5.32 Å². The van der Waals surface area contributed by atoms with Crippen molar-refractivity contribution in [3.8, 4) is 6.07 Å². The Morgan fingerprint density at radius 3 is 2.62 bits per heavy atom. The van der Waals surface area contributed by atoms with Gasteiger partial charge in [-0.15, -0.1) is 0 Å².